The van der Waals surface area contributed by atoms with Crippen LogP contribution in [0.3, 0.4) is 0 Å². The highest BCUT2D eigenvalue weighted by molar-refractivity contribution is 7.13. The van der Waals surface area contributed by atoms with Crippen LogP contribution < -0.4 is 4.90 Å². The van der Waals surface area contributed by atoms with Gasteiger partial charge in [-0.2, -0.15) is 0 Å². The summed E-state index contributed by atoms with van der Waals surface area (Å²) in [6, 6.07) is 4.31. The number of carbonyl (C=O) groups is 1. The number of aromatic nitrogens is 1. The number of furan rings is 1. The summed E-state index contributed by atoms with van der Waals surface area (Å²) in [4.78, 5) is 18.1. The zero-order valence-electron chi connectivity index (χ0n) is 12.1. The van der Waals surface area contributed by atoms with E-state index in [1.54, 1.807) is 20.1 Å². The van der Waals surface area contributed by atoms with Gasteiger partial charge in [0.25, 0.3) is 0 Å². The highest BCUT2D eigenvalue weighted by Gasteiger charge is 2.35. The van der Waals surface area contributed by atoms with Gasteiger partial charge in [-0.15, -0.1) is 11.3 Å². The Labute approximate surface area is 127 Å². The van der Waals surface area contributed by atoms with Crippen LogP contribution in [0.4, 0.5) is 5.13 Å². The van der Waals surface area contributed by atoms with Crippen LogP contribution in [0.15, 0.2) is 28.2 Å². The second-order valence-corrected chi connectivity index (χ2v) is 6.72. The van der Waals surface area contributed by atoms with Gasteiger partial charge in [0.05, 0.1) is 18.5 Å². The highest BCUT2D eigenvalue weighted by Crippen LogP contribution is 2.37. The van der Waals surface area contributed by atoms with Crippen molar-refractivity contribution in [3.8, 4) is 0 Å². The quantitative estimate of drug-likeness (QED) is 0.887. The molecular weight excluding hydrogens is 288 g/mol. The molecule has 0 radical (unpaired) electrons. The molecule has 0 aromatic carbocycles. The molecular formula is C15H18N2O3S. The van der Waals surface area contributed by atoms with E-state index < -0.39 is 11.4 Å². The van der Waals surface area contributed by atoms with Gasteiger partial charge >= 0.3 is 5.97 Å². The van der Waals surface area contributed by atoms with Gasteiger partial charge in [0.2, 0.25) is 0 Å². The average Bonchev–Trinajstić information content (AvgIpc) is 2.94. The molecule has 3 rings (SSSR count). The van der Waals surface area contributed by atoms with E-state index in [4.69, 9.17) is 4.42 Å². The van der Waals surface area contributed by atoms with Gasteiger partial charge in [-0.25, -0.2) is 4.98 Å². The molecule has 0 aliphatic heterocycles. The molecule has 2 aromatic rings. The number of anilines is 1. The highest BCUT2D eigenvalue weighted by atomic mass is 32.1. The molecule has 112 valence electrons. The zero-order valence-corrected chi connectivity index (χ0v) is 12.9. The van der Waals surface area contributed by atoms with Gasteiger partial charge in [0.1, 0.15) is 11.2 Å². The molecule has 6 heteroatoms. The Bertz CT molecular complexity index is 629. The fourth-order valence-electron chi connectivity index (χ4n) is 2.10. The Balaban J connectivity index is 1.84. The molecule has 1 N–H and O–H groups in total. The van der Waals surface area contributed by atoms with Crippen molar-refractivity contribution in [2.24, 2.45) is 0 Å². The molecule has 0 atom stereocenters. The Hall–Kier alpha value is -1.82. The van der Waals surface area contributed by atoms with Gasteiger partial charge in [0.15, 0.2) is 5.13 Å². The first-order chi connectivity index (χ1) is 9.98. The first-order valence-corrected chi connectivity index (χ1v) is 7.85. The number of nitrogens with zero attached hydrogens (tertiary/aromatic N) is 2. The third kappa shape index (κ3) is 2.81. The number of aliphatic carboxylic acids is 1. The van der Waals surface area contributed by atoms with Crippen molar-refractivity contribution >= 4 is 22.4 Å². The standard InChI is InChI=1S/C15H18N2O3S/c1-15(2,13(18)19)12-9-21-14(16-12)17(10-5-6-10)8-11-4-3-7-20-11/h3-4,7,9-10H,5-6,8H2,1-2H3,(H,18,19). The second kappa shape index (κ2) is 5.18. The largest absolute Gasteiger partial charge is 0.481 e. The predicted octanol–water partition coefficient (Wildman–Crippen LogP) is 3.27. The fourth-order valence-corrected chi connectivity index (χ4v) is 3.17. The van der Waals surface area contributed by atoms with Gasteiger partial charge < -0.3 is 14.4 Å². The number of hydrogen-bond acceptors (Lipinski definition) is 5. The Morgan fingerprint density at radius 1 is 1.57 bits per heavy atom. The van der Waals surface area contributed by atoms with E-state index in [1.807, 2.05) is 17.5 Å². The lowest BCUT2D eigenvalue weighted by Gasteiger charge is -2.21. The smallest absolute Gasteiger partial charge is 0.315 e. The molecule has 0 amide bonds. The van der Waals surface area contributed by atoms with Crippen LogP contribution in [0, 0.1) is 0 Å². The van der Waals surface area contributed by atoms with Gasteiger partial charge in [-0.3, -0.25) is 4.79 Å². The first-order valence-electron chi connectivity index (χ1n) is 6.97. The molecule has 1 saturated carbocycles. The van der Waals surface area contributed by atoms with E-state index in [0.717, 1.165) is 23.7 Å². The lowest BCUT2D eigenvalue weighted by Crippen LogP contribution is -2.29. The predicted molar refractivity (Wildman–Crippen MR) is 80.7 cm³/mol. The minimum absolute atomic E-state index is 0.488. The lowest BCUT2D eigenvalue weighted by molar-refractivity contribution is -0.142. The maximum Gasteiger partial charge on any atom is 0.315 e. The molecule has 0 unspecified atom stereocenters. The van der Waals surface area contributed by atoms with Crippen LogP contribution in [0.5, 0.6) is 0 Å². The first kappa shape index (κ1) is 14.1. The van der Waals surface area contributed by atoms with Gasteiger partial charge in [0, 0.05) is 11.4 Å². The molecule has 1 fully saturated rings. The summed E-state index contributed by atoms with van der Waals surface area (Å²) in [5.41, 5.74) is -0.352. The number of thiazole rings is 1. The summed E-state index contributed by atoms with van der Waals surface area (Å²) in [5, 5.41) is 12.0. The summed E-state index contributed by atoms with van der Waals surface area (Å²) >= 11 is 1.50. The van der Waals surface area contributed by atoms with Crippen LogP contribution in [-0.2, 0) is 16.8 Å². The van der Waals surface area contributed by atoms with E-state index in [-0.39, 0.29) is 0 Å². The van der Waals surface area contributed by atoms with Crippen LogP contribution >= 0.6 is 11.3 Å². The maximum absolute atomic E-state index is 11.3. The minimum atomic E-state index is -0.964. The van der Waals surface area contributed by atoms with E-state index in [1.165, 1.54) is 11.3 Å². The Morgan fingerprint density at radius 3 is 2.90 bits per heavy atom. The molecule has 21 heavy (non-hydrogen) atoms. The SMILES string of the molecule is CC(C)(C(=O)O)c1csc(N(Cc2ccco2)C2CC2)n1. The van der Waals surface area contributed by atoms with Crippen LogP contribution in [-0.4, -0.2) is 22.1 Å². The molecule has 0 bridgehead atoms. The Morgan fingerprint density at radius 2 is 2.33 bits per heavy atom. The van der Waals surface area contributed by atoms with Crippen LogP contribution in [0.2, 0.25) is 0 Å². The van der Waals surface area contributed by atoms with E-state index in [9.17, 15) is 9.90 Å². The van der Waals surface area contributed by atoms with Crippen LogP contribution in [0.25, 0.3) is 0 Å². The van der Waals surface area contributed by atoms with E-state index in [0.29, 0.717) is 18.3 Å². The van der Waals surface area contributed by atoms with Crippen molar-refractivity contribution in [2.45, 2.75) is 44.7 Å². The minimum Gasteiger partial charge on any atom is -0.481 e. The monoisotopic (exact) mass is 306 g/mol. The van der Waals surface area contributed by atoms with Crippen molar-refractivity contribution < 1.29 is 14.3 Å². The summed E-state index contributed by atoms with van der Waals surface area (Å²) in [6.45, 7) is 4.04. The van der Waals surface area contributed by atoms with Crippen molar-refractivity contribution in [2.75, 3.05) is 4.90 Å². The third-order valence-corrected chi connectivity index (χ3v) is 4.68. The molecule has 5 nitrogen and oxygen atoms in total. The molecule has 0 saturated heterocycles. The summed E-state index contributed by atoms with van der Waals surface area (Å²) in [6.07, 6.45) is 3.97. The molecule has 0 spiro atoms. The van der Waals surface area contributed by atoms with E-state index >= 15 is 0 Å². The molecule has 2 heterocycles. The number of carboxylic acid groups (broad SMARTS) is 1. The normalized spacial score (nSPS) is 15.1. The van der Waals surface area contributed by atoms with E-state index in [2.05, 4.69) is 9.88 Å². The molecule has 1 aliphatic rings. The van der Waals surface area contributed by atoms with Crippen LogP contribution in [0.1, 0.15) is 38.1 Å². The number of carboxylic acids is 1. The molecule has 1 aliphatic carbocycles. The Kier molecular flexibility index (Phi) is 3.49. The topological polar surface area (TPSA) is 66.6 Å². The zero-order chi connectivity index (χ0) is 15.0. The van der Waals surface area contributed by atoms with Gasteiger partial charge in [-0.05, 0) is 38.8 Å². The number of rotatable bonds is 6. The van der Waals surface area contributed by atoms with Crippen molar-refractivity contribution in [1.29, 1.82) is 0 Å². The van der Waals surface area contributed by atoms with Crippen molar-refractivity contribution in [1.82, 2.24) is 4.98 Å². The maximum atomic E-state index is 11.3. The second-order valence-electron chi connectivity index (χ2n) is 5.88. The summed E-state index contributed by atoms with van der Waals surface area (Å²) in [7, 11) is 0. The third-order valence-electron chi connectivity index (χ3n) is 3.81. The van der Waals surface area contributed by atoms with Gasteiger partial charge in [-0.1, -0.05) is 0 Å². The molecule has 2 aromatic heterocycles. The number of hydrogen-bond donors (Lipinski definition) is 1. The summed E-state index contributed by atoms with van der Waals surface area (Å²) < 4.78 is 5.42. The summed E-state index contributed by atoms with van der Waals surface area (Å²) in [5.74, 6) is 0.0412. The lowest BCUT2D eigenvalue weighted by atomic mass is 9.90. The van der Waals surface area contributed by atoms with Crippen molar-refractivity contribution in [3.05, 3.63) is 35.2 Å². The average molecular weight is 306 g/mol. The fraction of sp³-hybridized carbons (Fsp3) is 0.467. The van der Waals surface area contributed by atoms with Crippen molar-refractivity contribution in [3.63, 3.8) is 0 Å².